The molecule has 0 unspecified atom stereocenters. The SMILES string of the molecule is CN=C(NCc1cccc(OC)c1)NCc1ccc(OC)c(OC)c1.I. The third-order valence-corrected chi connectivity index (χ3v) is 3.73. The Kier molecular flexibility index (Phi) is 9.64. The Morgan fingerprint density at radius 1 is 0.846 bits per heavy atom. The fourth-order valence-electron chi connectivity index (χ4n) is 2.37. The molecule has 0 aliphatic rings. The van der Waals surface area contributed by atoms with Crippen LogP contribution in [0.2, 0.25) is 0 Å². The normalized spacial score (nSPS) is 10.5. The third kappa shape index (κ3) is 6.29. The van der Waals surface area contributed by atoms with E-state index in [0.29, 0.717) is 24.6 Å². The van der Waals surface area contributed by atoms with Gasteiger partial charge in [-0.15, -0.1) is 24.0 Å². The van der Waals surface area contributed by atoms with Gasteiger partial charge in [0.2, 0.25) is 0 Å². The maximum absolute atomic E-state index is 5.33. The number of hydrogen-bond donors (Lipinski definition) is 2. The van der Waals surface area contributed by atoms with E-state index >= 15 is 0 Å². The summed E-state index contributed by atoms with van der Waals surface area (Å²) in [5.41, 5.74) is 2.19. The van der Waals surface area contributed by atoms with Crippen LogP contribution in [0, 0.1) is 0 Å². The highest BCUT2D eigenvalue weighted by Crippen LogP contribution is 2.27. The number of nitrogens with zero attached hydrogens (tertiary/aromatic N) is 1. The lowest BCUT2D eigenvalue weighted by molar-refractivity contribution is 0.354. The lowest BCUT2D eigenvalue weighted by Gasteiger charge is -2.14. The molecule has 0 fully saturated rings. The zero-order valence-corrected chi connectivity index (χ0v) is 17.9. The molecule has 0 saturated carbocycles. The van der Waals surface area contributed by atoms with Crippen LogP contribution in [-0.2, 0) is 13.1 Å². The summed E-state index contributed by atoms with van der Waals surface area (Å²) in [4.78, 5) is 4.24. The minimum atomic E-state index is 0. The molecular weight excluding hydrogens is 445 g/mol. The maximum atomic E-state index is 5.33. The molecule has 0 atom stereocenters. The second-order valence-electron chi connectivity index (χ2n) is 5.32. The van der Waals surface area contributed by atoms with Crippen molar-refractivity contribution in [1.82, 2.24) is 10.6 Å². The first-order valence-electron chi connectivity index (χ1n) is 7.98. The summed E-state index contributed by atoms with van der Waals surface area (Å²) < 4.78 is 15.8. The van der Waals surface area contributed by atoms with Crippen molar-refractivity contribution in [2.45, 2.75) is 13.1 Å². The molecule has 2 aromatic rings. The quantitative estimate of drug-likeness (QED) is 0.369. The second-order valence-corrected chi connectivity index (χ2v) is 5.32. The molecule has 0 radical (unpaired) electrons. The summed E-state index contributed by atoms with van der Waals surface area (Å²) in [6.07, 6.45) is 0. The van der Waals surface area contributed by atoms with Crippen molar-refractivity contribution in [3.63, 3.8) is 0 Å². The van der Waals surface area contributed by atoms with Crippen LogP contribution in [0.25, 0.3) is 0 Å². The van der Waals surface area contributed by atoms with Gasteiger partial charge in [0.1, 0.15) is 5.75 Å². The summed E-state index contributed by atoms with van der Waals surface area (Å²) >= 11 is 0. The van der Waals surface area contributed by atoms with Crippen molar-refractivity contribution in [2.24, 2.45) is 4.99 Å². The largest absolute Gasteiger partial charge is 0.497 e. The lowest BCUT2D eigenvalue weighted by atomic mass is 10.2. The molecule has 26 heavy (non-hydrogen) atoms. The Bertz CT molecular complexity index is 723. The van der Waals surface area contributed by atoms with E-state index in [2.05, 4.69) is 15.6 Å². The number of halogens is 1. The van der Waals surface area contributed by atoms with Crippen LogP contribution in [0.5, 0.6) is 17.2 Å². The molecule has 2 rings (SSSR count). The Labute approximate surface area is 172 Å². The van der Waals surface area contributed by atoms with Crippen molar-refractivity contribution in [3.8, 4) is 17.2 Å². The second kappa shape index (κ2) is 11.5. The zero-order valence-electron chi connectivity index (χ0n) is 15.5. The molecule has 0 spiro atoms. The van der Waals surface area contributed by atoms with Gasteiger partial charge in [-0.05, 0) is 35.4 Å². The number of guanidine groups is 1. The number of rotatable bonds is 7. The first-order chi connectivity index (χ1) is 12.2. The molecule has 7 heteroatoms. The first-order valence-corrected chi connectivity index (χ1v) is 7.98. The fraction of sp³-hybridized carbons (Fsp3) is 0.316. The number of methoxy groups -OCH3 is 3. The van der Waals surface area contributed by atoms with Gasteiger partial charge in [0.25, 0.3) is 0 Å². The Morgan fingerprint density at radius 2 is 1.50 bits per heavy atom. The van der Waals surface area contributed by atoms with Gasteiger partial charge in [0.05, 0.1) is 21.3 Å². The molecular formula is C19H26IN3O3. The molecule has 0 heterocycles. The summed E-state index contributed by atoms with van der Waals surface area (Å²) in [6.45, 7) is 1.28. The molecule has 0 aliphatic heterocycles. The Morgan fingerprint density at radius 3 is 2.08 bits per heavy atom. The van der Waals surface area contributed by atoms with Gasteiger partial charge in [0.15, 0.2) is 17.5 Å². The summed E-state index contributed by atoms with van der Waals surface area (Å²) in [7, 11) is 6.66. The topological polar surface area (TPSA) is 64.1 Å². The smallest absolute Gasteiger partial charge is 0.191 e. The highest BCUT2D eigenvalue weighted by atomic mass is 127. The van der Waals surface area contributed by atoms with Gasteiger partial charge < -0.3 is 24.8 Å². The van der Waals surface area contributed by atoms with Crippen molar-refractivity contribution in [3.05, 3.63) is 53.6 Å². The summed E-state index contributed by atoms with van der Waals surface area (Å²) in [5, 5.41) is 6.57. The van der Waals surface area contributed by atoms with Crippen LogP contribution >= 0.6 is 24.0 Å². The van der Waals surface area contributed by atoms with Crippen molar-refractivity contribution in [2.75, 3.05) is 28.4 Å². The Hall–Kier alpha value is -2.16. The van der Waals surface area contributed by atoms with E-state index in [1.54, 1.807) is 28.4 Å². The van der Waals surface area contributed by atoms with Crippen LogP contribution in [0.4, 0.5) is 0 Å². The van der Waals surface area contributed by atoms with Crippen LogP contribution < -0.4 is 24.8 Å². The average Bonchev–Trinajstić information content (AvgIpc) is 2.68. The average molecular weight is 471 g/mol. The maximum Gasteiger partial charge on any atom is 0.191 e. The van der Waals surface area contributed by atoms with Crippen LogP contribution in [0.1, 0.15) is 11.1 Å². The van der Waals surface area contributed by atoms with E-state index in [9.17, 15) is 0 Å². The van der Waals surface area contributed by atoms with Crippen molar-refractivity contribution < 1.29 is 14.2 Å². The minimum Gasteiger partial charge on any atom is -0.497 e. The highest BCUT2D eigenvalue weighted by molar-refractivity contribution is 14.0. The van der Waals surface area contributed by atoms with E-state index < -0.39 is 0 Å². The van der Waals surface area contributed by atoms with Gasteiger partial charge in [0, 0.05) is 20.1 Å². The first kappa shape index (κ1) is 21.9. The monoisotopic (exact) mass is 471 g/mol. The van der Waals surface area contributed by atoms with Crippen molar-refractivity contribution >= 4 is 29.9 Å². The summed E-state index contributed by atoms with van der Waals surface area (Å²) in [6, 6.07) is 13.8. The molecule has 0 aliphatic carbocycles. The predicted octanol–water partition coefficient (Wildman–Crippen LogP) is 3.20. The van der Waals surface area contributed by atoms with Gasteiger partial charge >= 0.3 is 0 Å². The number of aliphatic imine (C=N–C) groups is 1. The molecule has 6 nitrogen and oxygen atoms in total. The lowest BCUT2D eigenvalue weighted by Crippen LogP contribution is -2.36. The number of nitrogens with one attached hydrogen (secondary N) is 2. The van der Waals surface area contributed by atoms with Gasteiger partial charge in [-0.2, -0.15) is 0 Å². The molecule has 0 amide bonds. The zero-order chi connectivity index (χ0) is 18.1. The highest BCUT2D eigenvalue weighted by Gasteiger charge is 2.05. The third-order valence-electron chi connectivity index (χ3n) is 3.73. The van der Waals surface area contributed by atoms with E-state index in [1.807, 2.05) is 42.5 Å². The van der Waals surface area contributed by atoms with Gasteiger partial charge in [-0.25, -0.2) is 0 Å². The molecule has 0 bridgehead atoms. The summed E-state index contributed by atoms with van der Waals surface area (Å²) in [5.74, 6) is 2.98. The van der Waals surface area contributed by atoms with Crippen LogP contribution in [0.3, 0.4) is 0 Å². The molecule has 142 valence electrons. The molecule has 2 aromatic carbocycles. The number of hydrogen-bond acceptors (Lipinski definition) is 4. The van der Waals surface area contributed by atoms with Gasteiger partial charge in [-0.3, -0.25) is 4.99 Å². The van der Waals surface area contributed by atoms with Crippen molar-refractivity contribution in [1.29, 1.82) is 0 Å². The molecule has 0 aromatic heterocycles. The number of benzene rings is 2. The van der Waals surface area contributed by atoms with Gasteiger partial charge in [-0.1, -0.05) is 18.2 Å². The van der Waals surface area contributed by atoms with Crippen LogP contribution in [-0.4, -0.2) is 34.3 Å². The Balaban J connectivity index is 0.00000338. The fourth-order valence-corrected chi connectivity index (χ4v) is 2.37. The molecule has 0 saturated heterocycles. The minimum absolute atomic E-state index is 0. The standard InChI is InChI=1S/C19H25N3O3.HI/c1-20-19(21-12-14-6-5-7-16(10-14)23-2)22-13-15-8-9-17(24-3)18(11-15)25-4;/h5-11H,12-13H2,1-4H3,(H2,20,21,22);1H. The van der Waals surface area contributed by atoms with E-state index in [1.165, 1.54) is 0 Å². The molecule has 2 N–H and O–H groups in total. The van der Waals surface area contributed by atoms with E-state index in [0.717, 1.165) is 22.8 Å². The predicted molar refractivity (Wildman–Crippen MR) is 115 cm³/mol. The van der Waals surface area contributed by atoms with E-state index in [4.69, 9.17) is 14.2 Å². The number of ether oxygens (including phenoxy) is 3. The van der Waals surface area contributed by atoms with E-state index in [-0.39, 0.29) is 24.0 Å². The van der Waals surface area contributed by atoms with Crippen LogP contribution in [0.15, 0.2) is 47.5 Å².